The number of carbonyl (C=O) groups is 1. The Morgan fingerprint density at radius 3 is 2.44 bits per heavy atom. The van der Waals surface area contributed by atoms with E-state index in [2.05, 4.69) is 15.6 Å². The molecule has 0 saturated heterocycles. The second kappa shape index (κ2) is 6.56. The number of rotatable bonds is 6. The van der Waals surface area contributed by atoms with Gasteiger partial charge in [0, 0.05) is 17.9 Å². The van der Waals surface area contributed by atoms with E-state index in [4.69, 9.17) is 5.73 Å². The van der Waals surface area contributed by atoms with Crippen molar-refractivity contribution in [3.05, 3.63) is 80.4 Å². The minimum Gasteiger partial charge on any atom is -0.373 e. The van der Waals surface area contributed by atoms with Gasteiger partial charge in [0.1, 0.15) is 17.1 Å². The molecule has 4 N–H and O–H groups in total. The van der Waals surface area contributed by atoms with E-state index in [0.29, 0.717) is 5.69 Å². The maximum absolute atomic E-state index is 11.9. The summed E-state index contributed by atoms with van der Waals surface area (Å²) >= 11 is 0. The van der Waals surface area contributed by atoms with Gasteiger partial charge >= 0.3 is 0 Å². The maximum atomic E-state index is 11.9. The van der Waals surface area contributed by atoms with Crippen molar-refractivity contribution in [2.24, 2.45) is 5.73 Å². The van der Waals surface area contributed by atoms with Crippen LogP contribution in [0.2, 0.25) is 0 Å². The van der Waals surface area contributed by atoms with E-state index in [1.165, 1.54) is 12.3 Å². The van der Waals surface area contributed by atoms with Crippen LogP contribution in [0.15, 0.2) is 58.3 Å². The zero-order valence-corrected chi connectivity index (χ0v) is 13.4. The molecule has 1 atom stereocenters. The fraction of sp³-hybridized carbons (Fsp3) is 0.111. The molecule has 3 rings (SSSR count). The van der Waals surface area contributed by atoms with Crippen LogP contribution in [0.4, 0.5) is 17.1 Å². The van der Waals surface area contributed by atoms with E-state index in [-0.39, 0.29) is 23.1 Å². The number of amides is 1. The molecule has 0 aliphatic rings. The molecule has 25 heavy (non-hydrogen) atoms. The molecule has 3 aromatic rings. The van der Waals surface area contributed by atoms with Gasteiger partial charge in [-0.05, 0) is 24.6 Å². The van der Waals surface area contributed by atoms with Crippen LogP contribution in [-0.2, 0) is 0 Å². The Balaban J connectivity index is 1.84. The summed E-state index contributed by atoms with van der Waals surface area (Å²) in [4.78, 5) is 38.8. The fourth-order valence-corrected chi connectivity index (χ4v) is 2.48. The summed E-state index contributed by atoms with van der Waals surface area (Å²) in [5.74, 6) is -0.676. The summed E-state index contributed by atoms with van der Waals surface area (Å²) < 4.78 is 0. The number of nitrogens with one attached hydrogen (secondary N) is 2. The van der Waals surface area contributed by atoms with Crippen LogP contribution in [0.3, 0.4) is 0 Å². The standard InChI is InChI=1S/C18H16N4O3/c1-10(11-5-3-2-4-6-11)21-14-15(17(24)16(14)23)22-12-7-8-20-13(9-12)18(19)25/h2-10,21H,1H3,(H2,19,25)(H,20,22)/t10-/m1/s1. The highest BCUT2D eigenvalue weighted by atomic mass is 16.2. The Bertz CT molecular complexity index is 991. The van der Waals surface area contributed by atoms with Crippen LogP contribution in [-0.4, -0.2) is 10.9 Å². The molecule has 1 amide bonds. The molecular weight excluding hydrogens is 320 g/mol. The molecule has 0 saturated carbocycles. The molecule has 7 nitrogen and oxygen atoms in total. The van der Waals surface area contributed by atoms with Crippen molar-refractivity contribution < 1.29 is 4.79 Å². The van der Waals surface area contributed by atoms with Crippen LogP contribution in [0.5, 0.6) is 0 Å². The smallest absolute Gasteiger partial charge is 0.267 e. The minimum atomic E-state index is -0.676. The molecule has 2 aromatic carbocycles. The van der Waals surface area contributed by atoms with Gasteiger partial charge in [0.05, 0.1) is 0 Å². The number of hydrogen-bond acceptors (Lipinski definition) is 6. The first-order valence-corrected chi connectivity index (χ1v) is 7.65. The van der Waals surface area contributed by atoms with E-state index in [9.17, 15) is 14.4 Å². The summed E-state index contributed by atoms with van der Waals surface area (Å²) in [5, 5.41) is 5.92. The molecule has 126 valence electrons. The van der Waals surface area contributed by atoms with Crippen LogP contribution in [0, 0.1) is 0 Å². The summed E-state index contributed by atoms with van der Waals surface area (Å²) in [6.45, 7) is 1.90. The first kappa shape index (κ1) is 16.4. The Morgan fingerprint density at radius 1 is 1.08 bits per heavy atom. The third-order valence-corrected chi connectivity index (χ3v) is 3.85. The Labute approximate surface area is 143 Å². The Hall–Kier alpha value is -3.48. The topological polar surface area (TPSA) is 114 Å². The largest absolute Gasteiger partial charge is 0.373 e. The number of hydrogen-bond donors (Lipinski definition) is 3. The highest BCUT2D eigenvalue weighted by Gasteiger charge is 2.23. The minimum absolute atomic E-state index is 0.0656. The second-order valence-electron chi connectivity index (χ2n) is 5.60. The average molecular weight is 336 g/mol. The van der Waals surface area contributed by atoms with Crippen LogP contribution < -0.4 is 27.2 Å². The number of carbonyl (C=O) groups excluding carboxylic acids is 1. The predicted molar refractivity (Wildman–Crippen MR) is 95.9 cm³/mol. The molecule has 1 aromatic heterocycles. The van der Waals surface area contributed by atoms with E-state index >= 15 is 0 Å². The molecule has 0 spiro atoms. The van der Waals surface area contributed by atoms with Crippen LogP contribution in [0.25, 0.3) is 0 Å². The van der Waals surface area contributed by atoms with Crippen molar-refractivity contribution in [2.45, 2.75) is 13.0 Å². The lowest BCUT2D eigenvalue weighted by molar-refractivity contribution is 0.0995. The Morgan fingerprint density at radius 2 is 1.76 bits per heavy atom. The predicted octanol–water partition coefficient (Wildman–Crippen LogP) is 1.69. The molecule has 0 aliphatic heterocycles. The van der Waals surface area contributed by atoms with E-state index in [1.54, 1.807) is 6.07 Å². The molecule has 7 heteroatoms. The number of nitrogens with two attached hydrogens (primary N) is 1. The second-order valence-corrected chi connectivity index (χ2v) is 5.60. The van der Waals surface area contributed by atoms with Gasteiger partial charge in [0.2, 0.25) is 0 Å². The van der Waals surface area contributed by atoms with Crippen LogP contribution >= 0.6 is 0 Å². The normalized spacial score (nSPS) is 11.9. The first-order valence-electron chi connectivity index (χ1n) is 7.65. The lowest BCUT2D eigenvalue weighted by Crippen LogP contribution is -2.37. The highest BCUT2D eigenvalue weighted by molar-refractivity contribution is 5.92. The maximum Gasteiger partial charge on any atom is 0.267 e. The van der Waals surface area contributed by atoms with Gasteiger partial charge in [-0.1, -0.05) is 30.3 Å². The van der Waals surface area contributed by atoms with Crippen molar-refractivity contribution in [2.75, 3.05) is 10.6 Å². The van der Waals surface area contributed by atoms with Gasteiger partial charge in [0.15, 0.2) is 0 Å². The molecule has 0 aliphatic carbocycles. The van der Waals surface area contributed by atoms with Crippen molar-refractivity contribution in [3.8, 4) is 0 Å². The number of aromatic nitrogens is 1. The monoisotopic (exact) mass is 336 g/mol. The number of anilines is 3. The summed E-state index contributed by atoms with van der Waals surface area (Å²) in [6.07, 6.45) is 1.40. The SMILES string of the molecule is C[C@@H](Nc1c(Nc2ccnc(C(N)=O)c2)c(=O)c1=O)c1ccccc1. The van der Waals surface area contributed by atoms with Gasteiger partial charge in [-0.15, -0.1) is 0 Å². The van der Waals surface area contributed by atoms with Crippen molar-refractivity contribution in [1.29, 1.82) is 0 Å². The van der Waals surface area contributed by atoms with Crippen molar-refractivity contribution >= 4 is 23.0 Å². The highest BCUT2D eigenvalue weighted by Crippen LogP contribution is 2.25. The third kappa shape index (κ3) is 3.25. The molecule has 0 bridgehead atoms. The van der Waals surface area contributed by atoms with E-state index in [1.807, 2.05) is 37.3 Å². The van der Waals surface area contributed by atoms with Gasteiger partial charge in [0.25, 0.3) is 16.8 Å². The van der Waals surface area contributed by atoms with E-state index < -0.39 is 16.8 Å². The van der Waals surface area contributed by atoms with Gasteiger partial charge in [-0.2, -0.15) is 0 Å². The number of benzene rings is 1. The quantitative estimate of drug-likeness (QED) is 0.590. The van der Waals surface area contributed by atoms with Gasteiger partial charge in [-0.3, -0.25) is 19.4 Å². The van der Waals surface area contributed by atoms with E-state index in [0.717, 1.165) is 5.56 Å². The molecule has 0 unspecified atom stereocenters. The lowest BCUT2D eigenvalue weighted by atomic mass is 10.1. The van der Waals surface area contributed by atoms with Gasteiger partial charge < -0.3 is 16.4 Å². The summed E-state index contributed by atoms with van der Waals surface area (Å²) in [5.41, 5.74) is 5.89. The van der Waals surface area contributed by atoms with Crippen molar-refractivity contribution in [1.82, 2.24) is 4.98 Å². The molecule has 0 fully saturated rings. The Kier molecular flexibility index (Phi) is 4.30. The zero-order valence-electron chi connectivity index (χ0n) is 13.4. The fourth-order valence-electron chi connectivity index (χ4n) is 2.48. The first-order chi connectivity index (χ1) is 12.0. The number of primary amides is 1. The number of pyridine rings is 1. The number of nitrogens with zero attached hydrogens (tertiary/aromatic N) is 1. The zero-order chi connectivity index (χ0) is 18.0. The third-order valence-electron chi connectivity index (χ3n) is 3.85. The summed E-state index contributed by atoms with van der Waals surface area (Å²) in [6, 6.07) is 12.4. The molecular formula is C18H16N4O3. The molecule has 0 radical (unpaired) electrons. The van der Waals surface area contributed by atoms with Crippen molar-refractivity contribution in [3.63, 3.8) is 0 Å². The summed E-state index contributed by atoms with van der Waals surface area (Å²) in [7, 11) is 0. The molecule has 1 heterocycles. The van der Waals surface area contributed by atoms with Gasteiger partial charge in [-0.25, -0.2) is 0 Å². The average Bonchev–Trinajstić information content (AvgIpc) is 2.65. The van der Waals surface area contributed by atoms with Crippen LogP contribution in [0.1, 0.15) is 29.0 Å². The lowest BCUT2D eigenvalue weighted by Gasteiger charge is -2.20.